The van der Waals surface area contributed by atoms with Gasteiger partial charge in [-0.2, -0.15) is 35.9 Å². The maximum Gasteiger partial charge on any atom is 1.00 e. The first kappa shape index (κ1) is 26.2. The van der Waals surface area contributed by atoms with Gasteiger partial charge in [-0.25, -0.2) is 0 Å². The van der Waals surface area contributed by atoms with Gasteiger partial charge < -0.3 is 16.1 Å². The van der Waals surface area contributed by atoms with E-state index in [0.29, 0.717) is 0 Å². The Morgan fingerprint density at radius 2 is 1.67 bits per heavy atom. The Morgan fingerprint density at radius 3 is 1.94 bits per heavy atom. The molecule has 0 spiro atoms. The Kier molecular flexibility index (Phi) is 24.2. The summed E-state index contributed by atoms with van der Waals surface area (Å²) in [5, 5.41) is 7.72. The molecule has 100 valence electrons. The van der Waals surface area contributed by atoms with Gasteiger partial charge in [0.15, 0.2) is 0 Å². The summed E-state index contributed by atoms with van der Waals surface area (Å²) in [6.07, 6.45) is 1.40. The van der Waals surface area contributed by atoms with Crippen LogP contribution in [-0.4, -0.2) is 22.0 Å². The first-order valence-corrected chi connectivity index (χ1v) is 5.23. The summed E-state index contributed by atoms with van der Waals surface area (Å²) in [6, 6.07) is 11.2. The molecule has 0 aliphatic carbocycles. The Hall–Kier alpha value is -0.390. The molecule has 1 aromatic carbocycles. The molecule has 5 heteroatoms. The average Bonchev–Trinajstić information content (AvgIpc) is 2.19. The van der Waals surface area contributed by atoms with Crippen LogP contribution < -0.4 is 29.6 Å². The van der Waals surface area contributed by atoms with E-state index >= 15 is 0 Å². The molecule has 18 heavy (non-hydrogen) atoms. The second-order valence-electron chi connectivity index (χ2n) is 3.75. The van der Waals surface area contributed by atoms with Crippen molar-refractivity contribution in [2.24, 2.45) is 5.92 Å². The molecule has 0 fully saturated rings. The second-order valence-corrected chi connectivity index (χ2v) is 3.75. The van der Waals surface area contributed by atoms with E-state index in [1.165, 1.54) is 12.0 Å². The first-order chi connectivity index (χ1) is 7.06. The molecule has 0 heterocycles. The van der Waals surface area contributed by atoms with Crippen LogP contribution >= 0.6 is 0 Å². The molecular formula is C13H23NaO4. The van der Waals surface area contributed by atoms with E-state index in [9.17, 15) is 4.79 Å². The van der Waals surface area contributed by atoms with Crippen LogP contribution in [0.2, 0.25) is 0 Å². The van der Waals surface area contributed by atoms with E-state index in [-0.39, 0.29) is 46.9 Å². The standard InChI is InChI=1S/C10H13.C3H6O2.Na.2H2O/c1-9(2)8-10-6-4-3-5-7-10;1-2-3(4)5;;;/h4-7,9H,8H2,1-2H3;2H2,1H3,(H,4,5);;2*1H2/q-1;;+1;;. The molecule has 0 aliphatic rings. The van der Waals surface area contributed by atoms with Crippen LogP contribution in [0.1, 0.15) is 32.8 Å². The Balaban J connectivity index is -0.000000109. The summed E-state index contributed by atoms with van der Waals surface area (Å²) in [7, 11) is 0. The van der Waals surface area contributed by atoms with Crippen molar-refractivity contribution in [2.75, 3.05) is 0 Å². The SMILES string of the molecule is CC(C)Cc1cc[c-]cc1.CCC(=O)O.O.O.[Na+]. The minimum Gasteiger partial charge on any atom is -0.481 e. The molecule has 0 atom stereocenters. The van der Waals surface area contributed by atoms with Crippen LogP contribution in [0.25, 0.3) is 0 Å². The van der Waals surface area contributed by atoms with Gasteiger partial charge in [-0.15, -0.1) is 0 Å². The minimum absolute atomic E-state index is 0. The zero-order valence-electron chi connectivity index (χ0n) is 11.7. The molecule has 4 nitrogen and oxygen atoms in total. The number of carboxylic acid groups (broad SMARTS) is 1. The molecule has 1 rings (SSSR count). The largest absolute Gasteiger partial charge is 1.00 e. The minimum atomic E-state index is -0.745. The van der Waals surface area contributed by atoms with Crippen molar-refractivity contribution in [3.05, 3.63) is 35.9 Å². The maximum absolute atomic E-state index is 9.37. The predicted molar refractivity (Wildman–Crippen MR) is 69.0 cm³/mol. The zero-order valence-corrected chi connectivity index (χ0v) is 13.7. The number of hydrogen-bond donors (Lipinski definition) is 1. The summed E-state index contributed by atoms with van der Waals surface area (Å²) in [5.74, 6) is 0.00685. The zero-order chi connectivity index (χ0) is 11.7. The molecule has 0 radical (unpaired) electrons. The first-order valence-electron chi connectivity index (χ1n) is 5.23. The van der Waals surface area contributed by atoms with Crippen LogP contribution in [0.15, 0.2) is 24.3 Å². The number of carbonyl (C=O) groups is 1. The second kappa shape index (κ2) is 16.6. The number of carboxylic acids is 1. The summed E-state index contributed by atoms with van der Waals surface area (Å²) in [5.41, 5.74) is 1.41. The number of rotatable bonds is 3. The van der Waals surface area contributed by atoms with Gasteiger partial charge in [0, 0.05) is 6.42 Å². The van der Waals surface area contributed by atoms with E-state index in [1.807, 2.05) is 12.1 Å². The fraction of sp³-hybridized carbons (Fsp3) is 0.462. The summed E-state index contributed by atoms with van der Waals surface area (Å²) >= 11 is 0. The third kappa shape index (κ3) is 18.0. The smallest absolute Gasteiger partial charge is 0.481 e. The van der Waals surface area contributed by atoms with E-state index in [4.69, 9.17) is 5.11 Å². The van der Waals surface area contributed by atoms with Gasteiger partial charge in [-0.3, -0.25) is 4.79 Å². The molecule has 0 saturated heterocycles. The van der Waals surface area contributed by atoms with E-state index in [1.54, 1.807) is 6.92 Å². The quantitative estimate of drug-likeness (QED) is 0.533. The summed E-state index contributed by atoms with van der Waals surface area (Å²) in [4.78, 5) is 9.37. The molecule has 0 unspecified atom stereocenters. The molecule has 0 aliphatic heterocycles. The number of benzene rings is 1. The summed E-state index contributed by atoms with van der Waals surface area (Å²) in [6.45, 7) is 6.07. The van der Waals surface area contributed by atoms with Crippen LogP contribution in [0.3, 0.4) is 0 Å². The predicted octanol–water partition coefficient (Wildman–Crippen LogP) is -1.48. The van der Waals surface area contributed by atoms with E-state index < -0.39 is 5.97 Å². The molecule has 0 bridgehead atoms. The van der Waals surface area contributed by atoms with Gasteiger partial charge in [0.25, 0.3) is 0 Å². The number of aliphatic carboxylic acids is 1. The van der Waals surface area contributed by atoms with Crippen LogP contribution in [0.4, 0.5) is 0 Å². The van der Waals surface area contributed by atoms with Crippen LogP contribution in [-0.2, 0) is 11.2 Å². The van der Waals surface area contributed by atoms with Crippen molar-refractivity contribution < 1.29 is 50.4 Å². The van der Waals surface area contributed by atoms with E-state index in [2.05, 4.69) is 32.0 Å². The third-order valence-corrected chi connectivity index (χ3v) is 1.73. The van der Waals surface area contributed by atoms with Gasteiger partial charge in [-0.05, 0) is 12.3 Å². The van der Waals surface area contributed by atoms with Gasteiger partial charge in [0.2, 0.25) is 0 Å². The van der Waals surface area contributed by atoms with Crippen molar-refractivity contribution in [2.45, 2.75) is 33.6 Å². The van der Waals surface area contributed by atoms with Crippen molar-refractivity contribution >= 4 is 5.97 Å². The summed E-state index contributed by atoms with van der Waals surface area (Å²) < 4.78 is 0. The fourth-order valence-corrected chi connectivity index (χ4v) is 1.03. The molecule has 0 saturated carbocycles. The van der Waals surface area contributed by atoms with Crippen molar-refractivity contribution in [3.8, 4) is 0 Å². The number of hydrogen-bond acceptors (Lipinski definition) is 1. The Morgan fingerprint density at radius 1 is 1.28 bits per heavy atom. The topological polar surface area (TPSA) is 100 Å². The molecule has 1 aromatic rings. The molecule has 0 aromatic heterocycles. The molecule has 5 N–H and O–H groups in total. The Bertz CT molecular complexity index is 276. The normalized spacial score (nSPS) is 7.78. The molecular weight excluding hydrogens is 243 g/mol. The maximum atomic E-state index is 9.37. The Labute approximate surface area is 131 Å². The van der Waals surface area contributed by atoms with E-state index in [0.717, 1.165) is 5.92 Å². The van der Waals surface area contributed by atoms with Gasteiger partial charge in [0.1, 0.15) is 0 Å². The van der Waals surface area contributed by atoms with Crippen molar-refractivity contribution in [1.29, 1.82) is 0 Å². The van der Waals surface area contributed by atoms with Crippen LogP contribution in [0, 0.1) is 12.0 Å². The van der Waals surface area contributed by atoms with Crippen LogP contribution in [0.5, 0.6) is 0 Å². The van der Waals surface area contributed by atoms with Crippen molar-refractivity contribution in [1.82, 2.24) is 0 Å². The van der Waals surface area contributed by atoms with Gasteiger partial charge >= 0.3 is 35.5 Å². The van der Waals surface area contributed by atoms with Crippen molar-refractivity contribution in [3.63, 3.8) is 0 Å². The fourth-order valence-electron chi connectivity index (χ4n) is 1.03. The van der Waals surface area contributed by atoms with Gasteiger partial charge in [-0.1, -0.05) is 20.8 Å². The third-order valence-electron chi connectivity index (χ3n) is 1.73. The average molecular weight is 266 g/mol. The van der Waals surface area contributed by atoms with Gasteiger partial charge in [0.05, 0.1) is 0 Å². The molecule has 0 amide bonds. The monoisotopic (exact) mass is 266 g/mol.